The minimum atomic E-state index is -0.237. The third kappa shape index (κ3) is 3.22. The van der Waals surface area contributed by atoms with Crippen LogP contribution >= 0.6 is 0 Å². The Morgan fingerprint density at radius 3 is 2.88 bits per heavy atom. The quantitative estimate of drug-likeness (QED) is 0.899. The molecule has 2 aliphatic heterocycles. The van der Waals surface area contributed by atoms with Crippen molar-refractivity contribution in [3.05, 3.63) is 52.1 Å². The highest BCUT2D eigenvalue weighted by Crippen LogP contribution is 2.35. The van der Waals surface area contributed by atoms with E-state index in [1.54, 1.807) is 4.90 Å². The molecule has 2 aliphatic rings. The zero-order chi connectivity index (χ0) is 18.1. The lowest BCUT2D eigenvalue weighted by atomic mass is 10.0. The van der Waals surface area contributed by atoms with Gasteiger partial charge in [-0.25, -0.2) is 4.98 Å². The molecule has 136 valence electrons. The van der Waals surface area contributed by atoms with Gasteiger partial charge in [0.2, 0.25) is 5.91 Å². The monoisotopic (exact) mass is 354 g/mol. The van der Waals surface area contributed by atoms with E-state index in [0.717, 1.165) is 5.69 Å². The van der Waals surface area contributed by atoms with E-state index in [4.69, 9.17) is 4.74 Å². The molecule has 1 amide bonds. The van der Waals surface area contributed by atoms with Crippen molar-refractivity contribution in [1.82, 2.24) is 9.97 Å². The van der Waals surface area contributed by atoms with E-state index in [9.17, 15) is 9.59 Å². The summed E-state index contributed by atoms with van der Waals surface area (Å²) in [5.74, 6) is 1.27. The highest BCUT2D eigenvalue weighted by Gasteiger charge is 2.29. The first-order valence-electron chi connectivity index (χ1n) is 8.94. The highest BCUT2D eigenvalue weighted by molar-refractivity contribution is 5.96. The number of fused-ring (bicyclic) bond motifs is 1. The number of carbonyl (C=O) groups is 1. The number of amides is 1. The third-order valence-electron chi connectivity index (χ3n) is 4.95. The summed E-state index contributed by atoms with van der Waals surface area (Å²) in [4.78, 5) is 35.9. The number of anilines is 2. The Balaban J connectivity index is 1.55. The van der Waals surface area contributed by atoms with E-state index in [-0.39, 0.29) is 17.9 Å². The maximum atomic E-state index is 12.9. The second kappa shape index (κ2) is 6.92. The van der Waals surface area contributed by atoms with Crippen molar-refractivity contribution in [1.29, 1.82) is 0 Å². The molecule has 0 unspecified atom stereocenters. The van der Waals surface area contributed by atoms with Crippen LogP contribution in [0.15, 0.2) is 35.1 Å². The molecule has 3 heterocycles. The summed E-state index contributed by atoms with van der Waals surface area (Å²) in [6.07, 6.45) is 0.0779. The number of morpholine rings is 1. The summed E-state index contributed by atoms with van der Waals surface area (Å²) in [5, 5.41) is 0. The topological polar surface area (TPSA) is 78.5 Å². The average Bonchev–Trinajstić information content (AvgIpc) is 2.99. The van der Waals surface area contributed by atoms with E-state index >= 15 is 0 Å². The van der Waals surface area contributed by atoms with E-state index in [1.165, 1.54) is 11.6 Å². The molecule has 0 saturated carbocycles. The summed E-state index contributed by atoms with van der Waals surface area (Å²) in [6.45, 7) is 5.40. The number of rotatable bonds is 3. The van der Waals surface area contributed by atoms with Gasteiger partial charge in [0.1, 0.15) is 11.6 Å². The molecule has 26 heavy (non-hydrogen) atoms. The molecule has 1 N–H and O–H groups in total. The van der Waals surface area contributed by atoms with Crippen molar-refractivity contribution < 1.29 is 9.53 Å². The summed E-state index contributed by atoms with van der Waals surface area (Å²) in [6, 6.07) is 9.44. The van der Waals surface area contributed by atoms with Gasteiger partial charge in [-0.1, -0.05) is 25.1 Å². The molecule has 4 rings (SSSR count). The van der Waals surface area contributed by atoms with E-state index in [1.807, 2.05) is 23.1 Å². The van der Waals surface area contributed by atoms with Crippen LogP contribution in [-0.2, 0) is 16.0 Å². The second-order valence-corrected chi connectivity index (χ2v) is 6.79. The number of H-pyrrole nitrogens is 1. The lowest BCUT2D eigenvalue weighted by Gasteiger charge is -2.27. The smallest absolute Gasteiger partial charge is 0.252 e. The van der Waals surface area contributed by atoms with Crippen LogP contribution in [0.4, 0.5) is 11.5 Å². The Labute approximate surface area is 151 Å². The Kier molecular flexibility index (Phi) is 4.46. The molecule has 1 fully saturated rings. The largest absolute Gasteiger partial charge is 0.378 e. The van der Waals surface area contributed by atoms with Crippen molar-refractivity contribution in [2.75, 3.05) is 42.6 Å². The molecule has 7 nitrogen and oxygen atoms in total. The highest BCUT2D eigenvalue weighted by atomic mass is 16.5. The summed E-state index contributed by atoms with van der Waals surface area (Å²) in [5.41, 5.74) is 1.90. The summed E-state index contributed by atoms with van der Waals surface area (Å²) < 4.78 is 5.34. The number of hydrogen-bond acceptors (Lipinski definition) is 5. The van der Waals surface area contributed by atoms with Crippen LogP contribution in [0.2, 0.25) is 0 Å². The van der Waals surface area contributed by atoms with Crippen LogP contribution in [0.3, 0.4) is 0 Å². The molecule has 0 bridgehead atoms. The van der Waals surface area contributed by atoms with Gasteiger partial charge in [-0.05, 0) is 11.6 Å². The average molecular weight is 354 g/mol. The fourth-order valence-corrected chi connectivity index (χ4v) is 3.63. The van der Waals surface area contributed by atoms with Crippen molar-refractivity contribution >= 4 is 17.4 Å². The lowest BCUT2D eigenvalue weighted by Crippen LogP contribution is -2.38. The molecular formula is C19H22N4O3. The molecule has 1 saturated heterocycles. The van der Waals surface area contributed by atoms with Crippen molar-refractivity contribution in [2.24, 2.45) is 0 Å². The van der Waals surface area contributed by atoms with Gasteiger partial charge in [0.05, 0.1) is 19.6 Å². The number of benzene rings is 1. The van der Waals surface area contributed by atoms with Crippen LogP contribution in [0, 0.1) is 0 Å². The number of carbonyl (C=O) groups excluding carboxylic acids is 1. The molecule has 2 aromatic rings. The third-order valence-corrected chi connectivity index (χ3v) is 4.95. The van der Waals surface area contributed by atoms with Gasteiger partial charge < -0.3 is 19.5 Å². The Morgan fingerprint density at radius 1 is 1.31 bits per heavy atom. The summed E-state index contributed by atoms with van der Waals surface area (Å²) in [7, 11) is 0. The molecule has 0 spiro atoms. The number of aromatic amines is 1. The number of para-hydroxylation sites is 1. The SMILES string of the molecule is C[C@@H]1CN(C(=O)Cc2nc(N3CCOCC3)cc(=O)[nH]2)c2ccccc21. The first-order chi connectivity index (χ1) is 12.6. The Hall–Kier alpha value is -2.67. The van der Waals surface area contributed by atoms with Crippen molar-refractivity contribution in [3.8, 4) is 0 Å². The van der Waals surface area contributed by atoms with Gasteiger partial charge >= 0.3 is 0 Å². The van der Waals surface area contributed by atoms with Gasteiger partial charge in [0.15, 0.2) is 0 Å². The van der Waals surface area contributed by atoms with Crippen LogP contribution in [0.25, 0.3) is 0 Å². The molecule has 1 atom stereocenters. The van der Waals surface area contributed by atoms with Crippen LogP contribution in [-0.4, -0.2) is 48.7 Å². The molecule has 7 heteroatoms. The van der Waals surface area contributed by atoms with Crippen molar-refractivity contribution in [3.63, 3.8) is 0 Å². The molecule has 1 aromatic carbocycles. The fourth-order valence-electron chi connectivity index (χ4n) is 3.63. The first kappa shape index (κ1) is 16.8. The number of hydrogen-bond donors (Lipinski definition) is 1. The van der Waals surface area contributed by atoms with Crippen LogP contribution in [0.5, 0.6) is 0 Å². The molecule has 0 aliphatic carbocycles. The number of aromatic nitrogens is 2. The van der Waals surface area contributed by atoms with Crippen LogP contribution < -0.4 is 15.4 Å². The van der Waals surface area contributed by atoms with Gasteiger partial charge in [0.25, 0.3) is 5.56 Å². The minimum absolute atomic E-state index is 0.0518. The molecule has 0 radical (unpaired) electrons. The predicted octanol–water partition coefficient (Wildman–Crippen LogP) is 1.30. The maximum absolute atomic E-state index is 12.9. The van der Waals surface area contributed by atoms with E-state index < -0.39 is 0 Å². The van der Waals surface area contributed by atoms with Crippen LogP contribution in [0.1, 0.15) is 24.2 Å². The zero-order valence-electron chi connectivity index (χ0n) is 14.8. The normalized spacial score (nSPS) is 19.5. The second-order valence-electron chi connectivity index (χ2n) is 6.79. The Bertz CT molecular complexity index is 873. The molecule has 1 aromatic heterocycles. The van der Waals surface area contributed by atoms with Gasteiger partial charge in [-0.15, -0.1) is 0 Å². The number of ether oxygens (including phenoxy) is 1. The zero-order valence-corrected chi connectivity index (χ0v) is 14.8. The van der Waals surface area contributed by atoms with Gasteiger partial charge in [-0.2, -0.15) is 0 Å². The number of nitrogens with zero attached hydrogens (tertiary/aromatic N) is 3. The molecular weight excluding hydrogens is 332 g/mol. The summed E-state index contributed by atoms with van der Waals surface area (Å²) >= 11 is 0. The van der Waals surface area contributed by atoms with Gasteiger partial charge in [0, 0.05) is 37.3 Å². The fraction of sp³-hybridized carbons (Fsp3) is 0.421. The number of nitrogens with one attached hydrogen (secondary N) is 1. The van der Waals surface area contributed by atoms with E-state index in [2.05, 4.69) is 23.0 Å². The predicted molar refractivity (Wildman–Crippen MR) is 98.8 cm³/mol. The maximum Gasteiger partial charge on any atom is 0.252 e. The standard InChI is InChI=1S/C19H22N4O3/c1-13-12-23(15-5-3-2-4-14(13)15)19(25)10-16-20-17(11-18(24)21-16)22-6-8-26-9-7-22/h2-5,11,13H,6-10,12H2,1H3,(H,20,21,24)/t13-/m1/s1. The lowest BCUT2D eigenvalue weighted by molar-refractivity contribution is -0.118. The Morgan fingerprint density at radius 2 is 2.08 bits per heavy atom. The van der Waals surface area contributed by atoms with Gasteiger partial charge in [-0.3, -0.25) is 9.59 Å². The van der Waals surface area contributed by atoms with E-state index in [0.29, 0.717) is 50.4 Å². The minimum Gasteiger partial charge on any atom is -0.378 e. The van der Waals surface area contributed by atoms with Crippen molar-refractivity contribution in [2.45, 2.75) is 19.3 Å². The first-order valence-corrected chi connectivity index (χ1v) is 8.94.